The number of fused-ring (bicyclic) bond motifs is 3. The lowest BCUT2D eigenvalue weighted by Crippen LogP contribution is -2.10. The van der Waals surface area contributed by atoms with Gasteiger partial charge in [-0.1, -0.05) is 182 Å². The molecule has 0 heterocycles. The van der Waals surface area contributed by atoms with Crippen molar-refractivity contribution < 1.29 is 12.3 Å². The molecule has 1 nitrogen and oxygen atoms in total. The standard InChI is InChI=1S/C54H37N/c1-2-10-38(11-3-1)40-20-23-44(24-21-40)51-18-8-16-48-37-47(30-35-52(48)51)42-28-33-50(34-29-42)55(54-19-9-15-43-13-6-7-17-53(43)54)49-31-26-41(27-32-49)46-25-22-39-12-4-5-14-45(39)36-46/h1-37H/i1D,2D,3D,10D,11D,20D,21D,23D,24D. The number of anilines is 3. The molecule has 0 atom stereocenters. The number of rotatable bonds is 7. The molecule has 10 aromatic carbocycles. The summed E-state index contributed by atoms with van der Waals surface area (Å²) in [7, 11) is 0. The van der Waals surface area contributed by atoms with Gasteiger partial charge in [0.2, 0.25) is 0 Å². The van der Waals surface area contributed by atoms with Gasteiger partial charge >= 0.3 is 0 Å². The molecule has 0 radical (unpaired) electrons. The van der Waals surface area contributed by atoms with Crippen LogP contribution in [0.25, 0.3) is 76.8 Å². The van der Waals surface area contributed by atoms with E-state index in [1.54, 1.807) is 6.07 Å². The summed E-state index contributed by atoms with van der Waals surface area (Å²) in [5.41, 5.74) is 7.12. The van der Waals surface area contributed by atoms with Gasteiger partial charge in [0.15, 0.2) is 0 Å². The zero-order chi connectivity index (χ0) is 44.4. The fourth-order valence-electron chi connectivity index (χ4n) is 7.43. The molecule has 55 heavy (non-hydrogen) atoms. The fraction of sp³-hybridized carbons (Fsp3) is 0. The van der Waals surface area contributed by atoms with Gasteiger partial charge in [0.05, 0.1) is 18.0 Å². The molecule has 0 N–H and O–H groups in total. The normalized spacial score (nSPS) is 13.6. The molecule has 0 aliphatic heterocycles. The van der Waals surface area contributed by atoms with Gasteiger partial charge in [-0.15, -0.1) is 0 Å². The quantitative estimate of drug-likeness (QED) is 0.159. The molecule has 0 spiro atoms. The van der Waals surface area contributed by atoms with Crippen LogP contribution in [0, 0.1) is 0 Å². The summed E-state index contributed by atoms with van der Waals surface area (Å²) >= 11 is 0. The first-order valence-corrected chi connectivity index (χ1v) is 18.2. The highest BCUT2D eigenvalue weighted by molar-refractivity contribution is 6.01. The molecule has 0 aliphatic carbocycles. The van der Waals surface area contributed by atoms with Crippen LogP contribution in [0.15, 0.2) is 224 Å². The molecular formula is C54H37N. The average molecular weight is 709 g/mol. The Morgan fingerprint density at radius 2 is 0.836 bits per heavy atom. The van der Waals surface area contributed by atoms with Crippen molar-refractivity contribution in [2.75, 3.05) is 4.90 Å². The molecular weight excluding hydrogens is 663 g/mol. The second kappa shape index (κ2) is 14.0. The third-order valence-electron chi connectivity index (χ3n) is 10.2. The van der Waals surface area contributed by atoms with Gasteiger partial charge in [0, 0.05) is 16.8 Å². The van der Waals surface area contributed by atoms with E-state index in [-0.39, 0.29) is 28.8 Å². The van der Waals surface area contributed by atoms with Crippen molar-refractivity contribution in [1.29, 1.82) is 0 Å². The Morgan fingerprint density at radius 3 is 1.56 bits per heavy atom. The van der Waals surface area contributed by atoms with Crippen LogP contribution in [0.2, 0.25) is 0 Å². The molecule has 10 aromatic rings. The fourth-order valence-corrected chi connectivity index (χ4v) is 7.43. The lowest BCUT2D eigenvalue weighted by molar-refractivity contribution is 1.30. The van der Waals surface area contributed by atoms with Crippen LogP contribution in [0.3, 0.4) is 0 Å². The third-order valence-corrected chi connectivity index (χ3v) is 10.2. The summed E-state index contributed by atoms with van der Waals surface area (Å²) in [4.78, 5) is 2.28. The summed E-state index contributed by atoms with van der Waals surface area (Å²) in [5, 5.41) is 6.22. The van der Waals surface area contributed by atoms with Crippen LogP contribution in [0.1, 0.15) is 12.3 Å². The van der Waals surface area contributed by atoms with Crippen LogP contribution in [0.5, 0.6) is 0 Å². The second-order valence-electron chi connectivity index (χ2n) is 13.5. The minimum Gasteiger partial charge on any atom is -0.310 e. The van der Waals surface area contributed by atoms with Crippen molar-refractivity contribution in [1.82, 2.24) is 0 Å². The average Bonchev–Trinajstić information content (AvgIpc) is 3.33. The van der Waals surface area contributed by atoms with Crippen molar-refractivity contribution in [3.63, 3.8) is 0 Å². The van der Waals surface area contributed by atoms with Crippen LogP contribution in [-0.4, -0.2) is 0 Å². The summed E-state index contributed by atoms with van der Waals surface area (Å²) < 4.78 is 77.1. The van der Waals surface area contributed by atoms with Crippen LogP contribution in [-0.2, 0) is 0 Å². The highest BCUT2D eigenvalue weighted by Crippen LogP contribution is 2.41. The van der Waals surface area contributed by atoms with Gasteiger partial charge in [-0.3, -0.25) is 0 Å². The molecule has 0 fully saturated rings. The smallest absolute Gasteiger partial charge is 0.0629 e. The number of nitrogens with zero attached hydrogens (tertiary/aromatic N) is 1. The topological polar surface area (TPSA) is 3.24 Å². The summed E-state index contributed by atoms with van der Waals surface area (Å²) in [5.74, 6) is 0. The Hall–Kier alpha value is -7.22. The van der Waals surface area contributed by atoms with Crippen LogP contribution < -0.4 is 4.90 Å². The predicted molar refractivity (Wildman–Crippen MR) is 235 cm³/mol. The molecule has 0 unspecified atom stereocenters. The molecule has 0 aliphatic rings. The highest BCUT2D eigenvalue weighted by atomic mass is 15.1. The van der Waals surface area contributed by atoms with E-state index in [1.807, 2.05) is 30.3 Å². The van der Waals surface area contributed by atoms with Crippen molar-refractivity contribution in [3.05, 3.63) is 224 Å². The van der Waals surface area contributed by atoms with E-state index in [0.717, 1.165) is 55.5 Å². The maximum atomic E-state index is 9.05. The monoisotopic (exact) mass is 708 g/mol. The van der Waals surface area contributed by atoms with Gasteiger partial charge in [0.1, 0.15) is 0 Å². The van der Waals surface area contributed by atoms with Gasteiger partial charge < -0.3 is 4.90 Å². The Labute approximate surface area is 334 Å². The van der Waals surface area contributed by atoms with Crippen LogP contribution >= 0.6 is 0 Å². The minimum atomic E-state index is -0.610. The number of hydrogen-bond acceptors (Lipinski definition) is 1. The first-order valence-electron chi connectivity index (χ1n) is 22.7. The molecule has 0 saturated heterocycles. The van der Waals surface area contributed by atoms with Gasteiger partial charge in [0.25, 0.3) is 0 Å². The molecule has 0 bridgehead atoms. The van der Waals surface area contributed by atoms with E-state index in [1.165, 1.54) is 10.8 Å². The third kappa shape index (κ3) is 6.22. The Morgan fingerprint density at radius 1 is 0.309 bits per heavy atom. The zero-order valence-corrected chi connectivity index (χ0v) is 29.6. The predicted octanol–water partition coefficient (Wildman–Crippen LogP) is 15.3. The Balaban J connectivity index is 1.02. The lowest BCUT2D eigenvalue weighted by Gasteiger charge is -2.27. The van der Waals surface area contributed by atoms with E-state index in [4.69, 9.17) is 12.3 Å². The Bertz CT molecular complexity index is 3430. The first-order chi connectivity index (χ1) is 31.0. The largest absolute Gasteiger partial charge is 0.310 e. The van der Waals surface area contributed by atoms with E-state index in [0.29, 0.717) is 10.9 Å². The molecule has 10 rings (SSSR count). The van der Waals surface area contributed by atoms with Crippen molar-refractivity contribution in [3.8, 4) is 44.5 Å². The molecule has 258 valence electrons. The summed E-state index contributed by atoms with van der Waals surface area (Å²) in [6.07, 6.45) is 0. The molecule has 1 heteroatoms. The maximum Gasteiger partial charge on any atom is 0.0629 e. The van der Waals surface area contributed by atoms with E-state index in [9.17, 15) is 0 Å². The van der Waals surface area contributed by atoms with Gasteiger partial charge in [-0.25, -0.2) is 0 Å². The van der Waals surface area contributed by atoms with E-state index in [2.05, 4.69) is 138 Å². The minimum absolute atomic E-state index is 0.0626. The SMILES string of the molecule is [2H]c1c([2H])c([2H])c(-c2c([2H])c([2H])c(-c3cccc4cc(-c5ccc(N(c6ccc(-c7ccc8ccccc8c7)cc6)c6cccc7ccccc67)cc5)ccc34)c([2H])c2[2H])c([2H])c1[2H]. The highest BCUT2D eigenvalue weighted by Gasteiger charge is 2.16. The van der Waals surface area contributed by atoms with Crippen LogP contribution in [0.4, 0.5) is 17.1 Å². The molecule has 0 amide bonds. The number of hydrogen-bond donors (Lipinski definition) is 0. The maximum absolute atomic E-state index is 9.05. The summed E-state index contributed by atoms with van der Waals surface area (Å²) in [6.45, 7) is 0. The Kier molecular flexibility index (Phi) is 6.14. The van der Waals surface area contributed by atoms with Crippen molar-refractivity contribution in [2.24, 2.45) is 0 Å². The second-order valence-corrected chi connectivity index (χ2v) is 13.5. The lowest BCUT2D eigenvalue weighted by atomic mass is 9.94. The summed E-state index contributed by atoms with van der Waals surface area (Å²) in [6, 6.07) is 53.6. The van der Waals surface area contributed by atoms with E-state index < -0.39 is 42.3 Å². The zero-order valence-electron chi connectivity index (χ0n) is 38.6. The first kappa shape index (κ1) is 24.2. The van der Waals surface area contributed by atoms with Crippen molar-refractivity contribution >= 4 is 49.4 Å². The number of benzene rings is 10. The molecule has 0 saturated carbocycles. The van der Waals surface area contributed by atoms with E-state index >= 15 is 0 Å². The van der Waals surface area contributed by atoms with Gasteiger partial charge in [-0.2, -0.15) is 0 Å². The molecule has 0 aromatic heterocycles. The van der Waals surface area contributed by atoms with Gasteiger partial charge in [-0.05, 0) is 114 Å². The van der Waals surface area contributed by atoms with Crippen molar-refractivity contribution in [2.45, 2.75) is 0 Å².